The SMILES string of the molecule is Cc1cccc(Nc2ncnc(NNC(=O)c3ccccc3)c2N)c1C. The number of nitrogen functional groups attached to an aromatic ring is 1. The number of aromatic nitrogens is 2. The van der Waals surface area contributed by atoms with Gasteiger partial charge < -0.3 is 11.1 Å². The van der Waals surface area contributed by atoms with Gasteiger partial charge in [0.05, 0.1) is 0 Å². The lowest BCUT2D eigenvalue weighted by Crippen LogP contribution is -2.30. The van der Waals surface area contributed by atoms with Gasteiger partial charge in [-0.2, -0.15) is 0 Å². The zero-order valence-corrected chi connectivity index (χ0v) is 14.6. The van der Waals surface area contributed by atoms with Gasteiger partial charge in [-0.05, 0) is 43.2 Å². The Bertz CT molecular complexity index is 927. The van der Waals surface area contributed by atoms with E-state index in [1.165, 1.54) is 6.33 Å². The van der Waals surface area contributed by atoms with Crippen molar-refractivity contribution in [2.24, 2.45) is 0 Å². The monoisotopic (exact) mass is 348 g/mol. The molecule has 1 heterocycles. The van der Waals surface area contributed by atoms with Crippen LogP contribution in [0.2, 0.25) is 0 Å². The lowest BCUT2D eigenvalue weighted by molar-refractivity contribution is 0.0962. The Morgan fingerprint density at radius 3 is 2.46 bits per heavy atom. The molecule has 0 radical (unpaired) electrons. The van der Waals surface area contributed by atoms with E-state index in [1.807, 2.05) is 38.1 Å². The van der Waals surface area contributed by atoms with Gasteiger partial charge in [0.25, 0.3) is 5.91 Å². The molecule has 2 aromatic carbocycles. The largest absolute Gasteiger partial charge is 0.393 e. The fourth-order valence-electron chi connectivity index (χ4n) is 2.39. The van der Waals surface area contributed by atoms with Crippen LogP contribution in [0.3, 0.4) is 0 Å². The van der Waals surface area contributed by atoms with E-state index in [0.717, 1.165) is 16.8 Å². The van der Waals surface area contributed by atoms with Gasteiger partial charge in [0, 0.05) is 11.3 Å². The first-order valence-corrected chi connectivity index (χ1v) is 8.11. The molecule has 132 valence electrons. The van der Waals surface area contributed by atoms with E-state index < -0.39 is 0 Å². The van der Waals surface area contributed by atoms with E-state index in [2.05, 4.69) is 26.1 Å². The van der Waals surface area contributed by atoms with E-state index in [9.17, 15) is 4.79 Å². The maximum absolute atomic E-state index is 12.1. The average Bonchev–Trinajstić information content (AvgIpc) is 2.66. The molecule has 3 rings (SSSR count). The van der Waals surface area contributed by atoms with Gasteiger partial charge in [0.15, 0.2) is 11.6 Å². The van der Waals surface area contributed by atoms with Gasteiger partial charge in [0.1, 0.15) is 12.0 Å². The number of nitrogens with two attached hydrogens (primary N) is 1. The number of nitrogens with zero attached hydrogens (tertiary/aromatic N) is 2. The highest BCUT2D eigenvalue weighted by molar-refractivity contribution is 5.95. The summed E-state index contributed by atoms with van der Waals surface area (Å²) in [6, 6.07) is 14.8. The van der Waals surface area contributed by atoms with Gasteiger partial charge in [-0.1, -0.05) is 30.3 Å². The van der Waals surface area contributed by atoms with Crippen molar-refractivity contribution in [3.8, 4) is 0 Å². The number of anilines is 4. The first-order chi connectivity index (χ1) is 12.6. The number of aryl methyl sites for hydroxylation is 1. The predicted octanol–water partition coefficient (Wildman–Crippen LogP) is 3.18. The molecule has 0 saturated heterocycles. The van der Waals surface area contributed by atoms with Crippen LogP contribution in [0.4, 0.5) is 23.0 Å². The van der Waals surface area contributed by atoms with Crippen molar-refractivity contribution in [3.63, 3.8) is 0 Å². The smallest absolute Gasteiger partial charge is 0.269 e. The van der Waals surface area contributed by atoms with E-state index >= 15 is 0 Å². The Labute approximate surface area is 151 Å². The number of rotatable bonds is 5. The Balaban J connectivity index is 1.75. The maximum atomic E-state index is 12.1. The second kappa shape index (κ2) is 7.52. The summed E-state index contributed by atoms with van der Waals surface area (Å²) in [5, 5.41) is 3.21. The Kier molecular flexibility index (Phi) is 4.98. The van der Waals surface area contributed by atoms with Crippen LogP contribution in [0.5, 0.6) is 0 Å². The normalized spacial score (nSPS) is 10.2. The molecule has 0 bridgehead atoms. The molecular weight excluding hydrogens is 328 g/mol. The van der Waals surface area contributed by atoms with Gasteiger partial charge in [-0.15, -0.1) is 0 Å². The molecule has 3 aromatic rings. The van der Waals surface area contributed by atoms with Crippen molar-refractivity contribution in [1.29, 1.82) is 0 Å². The number of nitrogens with one attached hydrogen (secondary N) is 3. The van der Waals surface area contributed by atoms with Gasteiger partial charge in [-0.3, -0.25) is 15.6 Å². The third-order valence-corrected chi connectivity index (χ3v) is 4.07. The molecule has 0 aliphatic carbocycles. The Hall–Kier alpha value is -3.61. The minimum Gasteiger partial charge on any atom is -0.393 e. The average molecular weight is 348 g/mol. The summed E-state index contributed by atoms with van der Waals surface area (Å²) < 4.78 is 0. The molecule has 26 heavy (non-hydrogen) atoms. The fraction of sp³-hybridized carbons (Fsp3) is 0.105. The highest BCUT2D eigenvalue weighted by Crippen LogP contribution is 2.27. The van der Waals surface area contributed by atoms with Crippen molar-refractivity contribution < 1.29 is 4.79 Å². The fourth-order valence-corrected chi connectivity index (χ4v) is 2.39. The molecule has 0 aliphatic heterocycles. The molecule has 0 saturated carbocycles. The van der Waals surface area contributed by atoms with Crippen LogP contribution in [-0.2, 0) is 0 Å². The standard InChI is InChI=1S/C19H20N6O/c1-12-7-6-10-15(13(12)2)23-17-16(20)18(22-11-21-17)24-25-19(26)14-8-4-3-5-9-14/h3-11H,20H2,1-2H3,(H,25,26)(H2,21,22,23,24). The quantitative estimate of drug-likeness (QED) is 0.528. The van der Waals surface area contributed by atoms with E-state index in [1.54, 1.807) is 24.3 Å². The number of carbonyl (C=O) groups excluding carboxylic acids is 1. The molecule has 1 aromatic heterocycles. The van der Waals surface area contributed by atoms with Crippen molar-refractivity contribution in [2.45, 2.75) is 13.8 Å². The molecule has 0 atom stereocenters. The van der Waals surface area contributed by atoms with Crippen molar-refractivity contribution in [3.05, 3.63) is 71.5 Å². The van der Waals surface area contributed by atoms with Gasteiger partial charge in [0.2, 0.25) is 0 Å². The predicted molar refractivity (Wildman–Crippen MR) is 103 cm³/mol. The van der Waals surface area contributed by atoms with Crippen molar-refractivity contribution in [2.75, 3.05) is 16.5 Å². The number of benzene rings is 2. The van der Waals surface area contributed by atoms with Crippen LogP contribution in [-0.4, -0.2) is 15.9 Å². The highest BCUT2D eigenvalue weighted by Gasteiger charge is 2.11. The Morgan fingerprint density at radius 1 is 0.962 bits per heavy atom. The number of hydrazine groups is 1. The maximum Gasteiger partial charge on any atom is 0.269 e. The van der Waals surface area contributed by atoms with Crippen LogP contribution >= 0.6 is 0 Å². The minimum atomic E-state index is -0.285. The molecule has 7 nitrogen and oxygen atoms in total. The summed E-state index contributed by atoms with van der Waals surface area (Å²) in [4.78, 5) is 20.4. The lowest BCUT2D eigenvalue weighted by atomic mass is 10.1. The summed E-state index contributed by atoms with van der Waals surface area (Å²) in [6.45, 7) is 4.06. The first-order valence-electron chi connectivity index (χ1n) is 8.11. The first kappa shape index (κ1) is 17.2. The summed E-state index contributed by atoms with van der Waals surface area (Å²) in [6.07, 6.45) is 1.38. The molecular formula is C19H20N6O. The molecule has 0 unspecified atom stereocenters. The van der Waals surface area contributed by atoms with Crippen molar-refractivity contribution in [1.82, 2.24) is 15.4 Å². The van der Waals surface area contributed by atoms with Crippen LogP contribution in [0, 0.1) is 13.8 Å². The molecule has 5 N–H and O–H groups in total. The third kappa shape index (κ3) is 3.72. The zero-order valence-electron chi connectivity index (χ0n) is 14.6. The number of hydrogen-bond donors (Lipinski definition) is 4. The van der Waals surface area contributed by atoms with E-state index in [4.69, 9.17) is 5.73 Å². The van der Waals surface area contributed by atoms with E-state index in [-0.39, 0.29) is 5.91 Å². The highest BCUT2D eigenvalue weighted by atomic mass is 16.2. The molecule has 7 heteroatoms. The van der Waals surface area contributed by atoms with E-state index in [0.29, 0.717) is 22.9 Å². The second-order valence-corrected chi connectivity index (χ2v) is 5.80. The second-order valence-electron chi connectivity index (χ2n) is 5.80. The van der Waals surface area contributed by atoms with Crippen LogP contribution in [0.1, 0.15) is 21.5 Å². The summed E-state index contributed by atoms with van der Waals surface area (Å²) in [5.41, 5.74) is 15.5. The molecule has 0 spiro atoms. The molecule has 0 fully saturated rings. The van der Waals surface area contributed by atoms with Gasteiger partial charge in [-0.25, -0.2) is 9.97 Å². The third-order valence-electron chi connectivity index (χ3n) is 4.07. The summed E-state index contributed by atoms with van der Waals surface area (Å²) in [7, 11) is 0. The minimum absolute atomic E-state index is 0.285. The van der Waals surface area contributed by atoms with Crippen LogP contribution in [0.15, 0.2) is 54.9 Å². The number of amides is 1. The number of carbonyl (C=O) groups is 1. The number of hydrogen-bond acceptors (Lipinski definition) is 6. The van der Waals surface area contributed by atoms with Crippen molar-refractivity contribution >= 4 is 28.9 Å². The van der Waals surface area contributed by atoms with Gasteiger partial charge >= 0.3 is 0 Å². The zero-order chi connectivity index (χ0) is 18.5. The van der Waals surface area contributed by atoms with Crippen LogP contribution < -0.4 is 21.9 Å². The topological polar surface area (TPSA) is 105 Å². The van der Waals surface area contributed by atoms with Crippen LogP contribution in [0.25, 0.3) is 0 Å². The summed E-state index contributed by atoms with van der Waals surface area (Å²) in [5.74, 6) is 0.495. The lowest BCUT2D eigenvalue weighted by Gasteiger charge is -2.15. The molecule has 0 aliphatic rings. The summed E-state index contributed by atoms with van der Waals surface area (Å²) >= 11 is 0. The Morgan fingerprint density at radius 2 is 1.69 bits per heavy atom. The molecule has 1 amide bonds.